The first-order chi connectivity index (χ1) is 9.36. The zero-order valence-electron chi connectivity index (χ0n) is 11.2. The minimum absolute atomic E-state index is 0.446. The first-order valence-electron chi connectivity index (χ1n) is 6.91. The maximum Gasteiger partial charge on any atom is 0.122 e. The van der Waals surface area contributed by atoms with E-state index in [9.17, 15) is 0 Å². The second-order valence-corrected chi connectivity index (χ2v) is 4.98. The Balaban J connectivity index is 1.67. The number of benzene rings is 2. The van der Waals surface area contributed by atoms with Gasteiger partial charge in [-0.2, -0.15) is 0 Å². The third kappa shape index (κ3) is 2.58. The maximum absolute atomic E-state index is 5.70. The average molecular weight is 253 g/mol. The Morgan fingerprint density at radius 3 is 2.95 bits per heavy atom. The molecule has 1 unspecified atom stereocenters. The molecule has 0 saturated heterocycles. The van der Waals surface area contributed by atoms with Gasteiger partial charge in [0.25, 0.3) is 0 Å². The minimum atomic E-state index is 0.446. The molecule has 0 fully saturated rings. The van der Waals surface area contributed by atoms with Crippen LogP contribution in [0.3, 0.4) is 0 Å². The molecule has 0 radical (unpaired) electrons. The van der Waals surface area contributed by atoms with Crippen LogP contribution in [0, 0.1) is 0 Å². The van der Waals surface area contributed by atoms with E-state index < -0.39 is 0 Å². The zero-order valence-corrected chi connectivity index (χ0v) is 11.2. The largest absolute Gasteiger partial charge is 0.493 e. The van der Waals surface area contributed by atoms with E-state index >= 15 is 0 Å². The van der Waals surface area contributed by atoms with Crippen LogP contribution in [0.5, 0.6) is 5.75 Å². The predicted octanol–water partition coefficient (Wildman–Crippen LogP) is 3.84. The average Bonchev–Trinajstić information content (AvgIpc) is 2.89. The topological polar surface area (TPSA) is 21.3 Å². The lowest BCUT2D eigenvalue weighted by molar-refractivity contribution is 0.334. The molecule has 1 atom stereocenters. The molecule has 0 spiro atoms. The second kappa shape index (κ2) is 5.35. The van der Waals surface area contributed by atoms with Crippen molar-refractivity contribution >= 4 is 5.69 Å². The van der Waals surface area contributed by atoms with E-state index in [1.807, 2.05) is 12.1 Å². The monoisotopic (exact) mass is 253 g/mol. The van der Waals surface area contributed by atoms with Gasteiger partial charge in [-0.1, -0.05) is 37.3 Å². The van der Waals surface area contributed by atoms with Crippen molar-refractivity contribution in [2.45, 2.75) is 19.3 Å². The molecule has 2 nitrogen and oxygen atoms in total. The molecule has 0 saturated carbocycles. The van der Waals surface area contributed by atoms with E-state index in [4.69, 9.17) is 4.74 Å². The summed E-state index contributed by atoms with van der Waals surface area (Å²) < 4.78 is 5.70. The van der Waals surface area contributed by atoms with E-state index in [0.717, 1.165) is 25.3 Å². The highest BCUT2D eigenvalue weighted by atomic mass is 16.5. The number of anilines is 1. The summed E-state index contributed by atoms with van der Waals surface area (Å²) in [5, 5.41) is 3.52. The molecule has 2 aromatic carbocycles. The van der Waals surface area contributed by atoms with Gasteiger partial charge < -0.3 is 10.1 Å². The minimum Gasteiger partial charge on any atom is -0.493 e. The van der Waals surface area contributed by atoms with Gasteiger partial charge in [0.1, 0.15) is 5.75 Å². The van der Waals surface area contributed by atoms with Gasteiger partial charge in [0.15, 0.2) is 0 Å². The van der Waals surface area contributed by atoms with Crippen molar-refractivity contribution in [3.63, 3.8) is 0 Å². The SMILES string of the molecule is CCc1cccc(NCC2COc3ccccc32)c1. The number of aryl methyl sites for hydroxylation is 1. The van der Waals surface area contributed by atoms with Crippen molar-refractivity contribution < 1.29 is 4.74 Å². The molecular weight excluding hydrogens is 234 g/mol. The van der Waals surface area contributed by atoms with Gasteiger partial charge in [-0.05, 0) is 30.2 Å². The number of hydrogen-bond acceptors (Lipinski definition) is 2. The van der Waals surface area contributed by atoms with Gasteiger partial charge in [0, 0.05) is 23.7 Å². The summed E-state index contributed by atoms with van der Waals surface area (Å²) in [6, 6.07) is 16.9. The summed E-state index contributed by atoms with van der Waals surface area (Å²) in [4.78, 5) is 0. The van der Waals surface area contributed by atoms with Crippen LogP contribution in [-0.4, -0.2) is 13.2 Å². The number of ether oxygens (including phenoxy) is 1. The van der Waals surface area contributed by atoms with Crippen LogP contribution in [0.2, 0.25) is 0 Å². The van der Waals surface area contributed by atoms with Gasteiger partial charge in [0.05, 0.1) is 6.61 Å². The highest BCUT2D eigenvalue weighted by Crippen LogP contribution is 2.33. The van der Waals surface area contributed by atoms with E-state index in [0.29, 0.717) is 5.92 Å². The Bertz CT molecular complexity index is 565. The normalized spacial score (nSPS) is 16.8. The number of hydrogen-bond donors (Lipinski definition) is 1. The highest BCUT2D eigenvalue weighted by molar-refractivity contribution is 5.47. The predicted molar refractivity (Wildman–Crippen MR) is 79.0 cm³/mol. The smallest absolute Gasteiger partial charge is 0.122 e. The third-order valence-corrected chi connectivity index (χ3v) is 3.69. The maximum atomic E-state index is 5.70. The molecule has 0 aliphatic carbocycles. The molecule has 0 aromatic heterocycles. The lowest BCUT2D eigenvalue weighted by atomic mass is 10.0. The van der Waals surface area contributed by atoms with Gasteiger partial charge in [0.2, 0.25) is 0 Å². The first kappa shape index (κ1) is 12.1. The summed E-state index contributed by atoms with van der Waals surface area (Å²) in [6.45, 7) is 3.88. The van der Waals surface area contributed by atoms with Crippen molar-refractivity contribution in [2.75, 3.05) is 18.5 Å². The lowest BCUT2D eigenvalue weighted by Crippen LogP contribution is -2.13. The van der Waals surface area contributed by atoms with Crippen LogP contribution in [0.25, 0.3) is 0 Å². The fraction of sp³-hybridized carbons (Fsp3) is 0.294. The molecule has 3 rings (SSSR count). The standard InChI is InChI=1S/C17H19NO/c1-2-13-6-5-7-15(10-13)18-11-14-12-19-17-9-4-3-8-16(14)17/h3-10,14,18H,2,11-12H2,1H3. The molecule has 2 aromatic rings. The van der Waals surface area contributed by atoms with Crippen LogP contribution in [0.4, 0.5) is 5.69 Å². The summed E-state index contributed by atoms with van der Waals surface area (Å²) in [6.07, 6.45) is 1.07. The summed E-state index contributed by atoms with van der Waals surface area (Å²) in [7, 11) is 0. The Labute approximate surface area is 114 Å². The number of fused-ring (bicyclic) bond motifs is 1. The Hall–Kier alpha value is -1.96. The van der Waals surface area contributed by atoms with Gasteiger partial charge in [-0.15, -0.1) is 0 Å². The van der Waals surface area contributed by atoms with E-state index in [-0.39, 0.29) is 0 Å². The highest BCUT2D eigenvalue weighted by Gasteiger charge is 2.22. The zero-order chi connectivity index (χ0) is 13.1. The van der Waals surface area contributed by atoms with Crippen LogP contribution >= 0.6 is 0 Å². The molecule has 98 valence electrons. The van der Waals surface area contributed by atoms with Crippen molar-refractivity contribution in [1.82, 2.24) is 0 Å². The number of rotatable bonds is 4. The molecule has 0 bridgehead atoms. The fourth-order valence-corrected chi connectivity index (χ4v) is 2.54. The molecule has 19 heavy (non-hydrogen) atoms. The van der Waals surface area contributed by atoms with E-state index in [1.54, 1.807) is 0 Å². The van der Waals surface area contributed by atoms with E-state index in [1.165, 1.54) is 16.8 Å². The van der Waals surface area contributed by atoms with E-state index in [2.05, 4.69) is 48.6 Å². The Morgan fingerprint density at radius 2 is 2.05 bits per heavy atom. The van der Waals surface area contributed by atoms with Gasteiger partial charge >= 0.3 is 0 Å². The van der Waals surface area contributed by atoms with Crippen molar-refractivity contribution in [2.24, 2.45) is 0 Å². The Kier molecular flexibility index (Phi) is 3.41. The molecule has 1 heterocycles. The van der Waals surface area contributed by atoms with Crippen molar-refractivity contribution in [1.29, 1.82) is 0 Å². The van der Waals surface area contributed by atoms with Crippen LogP contribution in [0.1, 0.15) is 24.0 Å². The first-order valence-corrected chi connectivity index (χ1v) is 6.91. The Morgan fingerprint density at radius 1 is 1.16 bits per heavy atom. The van der Waals surface area contributed by atoms with Crippen molar-refractivity contribution in [3.05, 3.63) is 59.7 Å². The van der Waals surface area contributed by atoms with Crippen LogP contribution in [-0.2, 0) is 6.42 Å². The fourth-order valence-electron chi connectivity index (χ4n) is 2.54. The number of para-hydroxylation sites is 1. The molecule has 1 aliphatic rings. The van der Waals surface area contributed by atoms with Crippen molar-refractivity contribution in [3.8, 4) is 5.75 Å². The molecule has 2 heteroatoms. The summed E-state index contributed by atoms with van der Waals surface area (Å²) in [5.74, 6) is 1.48. The number of nitrogens with one attached hydrogen (secondary N) is 1. The lowest BCUT2D eigenvalue weighted by Gasteiger charge is -2.12. The third-order valence-electron chi connectivity index (χ3n) is 3.69. The van der Waals surface area contributed by atoms with Gasteiger partial charge in [-0.3, -0.25) is 0 Å². The summed E-state index contributed by atoms with van der Waals surface area (Å²) in [5.41, 5.74) is 3.89. The van der Waals surface area contributed by atoms with Gasteiger partial charge in [-0.25, -0.2) is 0 Å². The van der Waals surface area contributed by atoms with Crippen LogP contribution in [0.15, 0.2) is 48.5 Å². The molecule has 1 N–H and O–H groups in total. The summed E-state index contributed by atoms with van der Waals surface area (Å²) >= 11 is 0. The molecule has 1 aliphatic heterocycles. The molecular formula is C17H19NO. The van der Waals surface area contributed by atoms with Crippen LogP contribution < -0.4 is 10.1 Å². The molecule has 0 amide bonds. The quantitative estimate of drug-likeness (QED) is 0.894. The second-order valence-electron chi connectivity index (χ2n) is 4.98.